The maximum atomic E-state index is 10.3. The molecule has 0 bridgehead atoms. The normalized spacial score (nSPS) is 12.4. The van der Waals surface area contributed by atoms with E-state index in [0.29, 0.717) is 0 Å². The highest BCUT2D eigenvalue weighted by Crippen LogP contribution is 1.96. The summed E-state index contributed by atoms with van der Waals surface area (Å²) in [4.78, 5) is 14.3. The second-order valence-corrected chi connectivity index (χ2v) is 2.78. The fourth-order valence-electron chi connectivity index (χ4n) is 0.845. The number of carboxylic acids is 1. The summed E-state index contributed by atoms with van der Waals surface area (Å²) in [7, 11) is 0. The van der Waals surface area contributed by atoms with Crippen LogP contribution >= 0.6 is 0 Å². The Bertz CT molecular complexity index is 289. The number of carboxylic acid groups (broad SMARTS) is 1. The summed E-state index contributed by atoms with van der Waals surface area (Å²) in [6, 6.07) is 4.46. The average Bonchev–Trinajstić information content (AvgIpc) is 2.19. The smallest absolute Gasteiger partial charge is 0.322 e. The number of aliphatic carboxylic acids is 1. The van der Waals surface area contributed by atoms with Crippen LogP contribution in [0.2, 0.25) is 0 Å². The minimum Gasteiger partial charge on any atom is -0.480 e. The lowest BCUT2D eigenvalue weighted by Crippen LogP contribution is -2.34. The van der Waals surface area contributed by atoms with Gasteiger partial charge in [0, 0.05) is 6.20 Å². The predicted molar refractivity (Wildman–Crippen MR) is 49.5 cm³/mol. The van der Waals surface area contributed by atoms with Crippen molar-refractivity contribution in [2.24, 2.45) is 5.73 Å². The van der Waals surface area contributed by atoms with Crippen molar-refractivity contribution in [3.63, 3.8) is 0 Å². The monoisotopic (exact) mass is 196 g/mol. The van der Waals surface area contributed by atoms with E-state index in [1.165, 1.54) is 0 Å². The highest BCUT2D eigenvalue weighted by Gasteiger charge is 2.10. The molecule has 0 saturated heterocycles. The number of ether oxygens (including phenoxy) is 1. The van der Waals surface area contributed by atoms with E-state index >= 15 is 0 Å². The topological polar surface area (TPSA) is 85.4 Å². The molecule has 0 aliphatic carbocycles. The minimum atomic E-state index is -1.06. The van der Waals surface area contributed by atoms with E-state index in [9.17, 15) is 4.79 Å². The standard InChI is InChI=1S/C9H12N2O3/c10-8(9(12)13)6-14-5-7-3-1-2-4-11-7/h1-4,8H,5-6,10H2,(H,12,13). The van der Waals surface area contributed by atoms with Gasteiger partial charge in [-0.25, -0.2) is 0 Å². The Kier molecular flexibility index (Phi) is 4.03. The molecule has 5 heteroatoms. The van der Waals surface area contributed by atoms with Gasteiger partial charge in [0.1, 0.15) is 6.04 Å². The number of aromatic nitrogens is 1. The highest BCUT2D eigenvalue weighted by molar-refractivity contribution is 5.73. The average molecular weight is 196 g/mol. The Hall–Kier alpha value is -1.46. The van der Waals surface area contributed by atoms with Crippen molar-refractivity contribution < 1.29 is 14.6 Å². The van der Waals surface area contributed by atoms with Crippen LogP contribution < -0.4 is 5.73 Å². The molecule has 1 unspecified atom stereocenters. The molecule has 1 atom stereocenters. The zero-order valence-corrected chi connectivity index (χ0v) is 7.59. The van der Waals surface area contributed by atoms with Gasteiger partial charge in [-0.3, -0.25) is 9.78 Å². The first-order valence-electron chi connectivity index (χ1n) is 4.16. The minimum absolute atomic E-state index is 0.00803. The Morgan fingerprint density at radius 2 is 2.43 bits per heavy atom. The van der Waals surface area contributed by atoms with Crippen LogP contribution in [-0.2, 0) is 16.1 Å². The van der Waals surface area contributed by atoms with Crippen molar-refractivity contribution in [3.8, 4) is 0 Å². The maximum Gasteiger partial charge on any atom is 0.322 e. The molecule has 5 nitrogen and oxygen atoms in total. The molecule has 14 heavy (non-hydrogen) atoms. The molecule has 1 rings (SSSR count). The summed E-state index contributed by atoms with van der Waals surface area (Å²) >= 11 is 0. The first-order chi connectivity index (χ1) is 6.70. The molecule has 0 fully saturated rings. The third-order valence-corrected chi connectivity index (χ3v) is 1.59. The quantitative estimate of drug-likeness (QED) is 0.692. The van der Waals surface area contributed by atoms with Crippen LogP contribution in [0.3, 0.4) is 0 Å². The van der Waals surface area contributed by atoms with E-state index in [1.807, 2.05) is 6.07 Å². The molecule has 1 aromatic heterocycles. The Balaban J connectivity index is 2.26. The van der Waals surface area contributed by atoms with E-state index in [2.05, 4.69) is 4.98 Å². The van der Waals surface area contributed by atoms with E-state index < -0.39 is 12.0 Å². The van der Waals surface area contributed by atoms with Crippen LogP contribution in [0.5, 0.6) is 0 Å². The Labute approximate surface area is 81.5 Å². The summed E-state index contributed by atoms with van der Waals surface area (Å²) in [6.07, 6.45) is 1.65. The van der Waals surface area contributed by atoms with Crippen LogP contribution in [0.15, 0.2) is 24.4 Å². The van der Waals surface area contributed by atoms with Gasteiger partial charge in [0.25, 0.3) is 0 Å². The van der Waals surface area contributed by atoms with Gasteiger partial charge in [0.15, 0.2) is 0 Å². The van der Waals surface area contributed by atoms with Crippen molar-refractivity contribution in [2.45, 2.75) is 12.6 Å². The van der Waals surface area contributed by atoms with E-state index in [0.717, 1.165) is 5.69 Å². The Morgan fingerprint density at radius 1 is 1.64 bits per heavy atom. The predicted octanol–water partition coefficient (Wildman–Crippen LogP) is 0.0101. The van der Waals surface area contributed by atoms with Gasteiger partial charge < -0.3 is 15.6 Å². The van der Waals surface area contributed by atoms with Crippen molar-refractivity contribution in [2.75, 3.05) is 6.61 Å². The fourth-order valence-corrected chi connectivity index (χ4v) is 0.845. The molecule has 76 valence electrons. The van der Waals surface area contributed by atoms with Crippen molar-refractivity contribution in [1.29, 1.82) is 0 Å². The van der Waals surface area contributed by atoms with Gasteiger partial charge >= 0.3 is 5.97 Å². The van der Waals surface area contributed by atoms with Gasteiger partial charge in [-0.1, -0.05) is 6.07 Å². The van der Waals surface area contributed by atoms with Crippen molar-refractivity contribution in [1.82, 2.24) is 4.98 Å². The van der Waals surface area contributed by atoms with Crippen LogP contribution in [0, 0.1) is 0 Å². The number of nitrogens with zero attached hydrogens (tertiary/aromatic N) is 1. The summed E-state index contributed by atoms with van der Waals surface area (Å²) in [6.45, 7) is 0.272. The zero-order valence-electron chi connectivity index (χ0n) is 7.59. The summed E-state index contributed by atoms with van der Waals surface area (Å²) < 4.78 is 5.07. The SMILES string of the molecule is NC(COCc1ccccn1)C(=O)O. The number of rotatable bonds is 5. The van der Waals surface area contributed by atoms with Crippen molar-refractivity contribution in [3.05, 3.63) is 30.1 Å². The van der Waals surface area contributed by atoms with Gasteiger partial charge in [0.05, 0.1) is 18.9 Å². The third kappa shape index (κ3) is 3.51. The van der Waals surface area contributed by atoms with Gasteiger partial charge in [0.2, 0.25) is 0 Å². The van der Waals surface area contributed by atoms with Gasteiger partial charge in [-0.15, -0.1) is 0 Å². The molecular weight excluding hydrogens is 184 g/mol. The van der Waals surface area contributed by atoms with Gasteiger partial charge in [-0.05, 0) is 12.1 Å². The first-order valence-corrected chi connectivity index (χ1v) is 4.16. The summed E-state index contributed by atoms with van der Waals surface area (Å²) in [5.74, 6) is -1.06. The molecule has 1 aromatic rings. The number of pyridine rings is 1. The van der Waals surface area contributed by atoms with Crippen LogP contribution in [-0.4, -0.2) is 28.7 Å². The lowest BCUT2D eigenvalue weighted by molar-refractivity contribution is -0.140. The number of carbonyl (C=O) groups is 1. The lowest BCUT2D eigenvalue weighted by Gasteiger charge is -2.06. The molecule has 0 aromatic carbocycles. The van der Waals surface area contributed by atoms with E-state index in [1.54, 1.807) is 18.3 Å². The number of hydrogen-bond donors (Lipinski definition) is 2. The molecule has 0 aliphatic heterocycles. The molecular formula is C9H12N2O3. The summed E-state index contributed by atoms with van der Waals surface area (Å²) in [5, 5.41) is 8.46. The van der Waals surface area contributed by atoms with E-state index in [-0.39, 0.29) is 13.2 Å². The lowest BCUT2D eigenvalue weighted by atomic mass is 10.3. The van der Waals surface area contributed by atoms with Crippen LogP contribution in [0.25, 0.3) is 0 Å². The number of hydrogen-bond acceptors (Lipinski definition) is 4. The first kappa shape index (κ1) is 10.6. The fraction of sp³-hybridized carbons (Fsp3) is 0.333. The highest BCUT2D eigenvalue weighted by atomic mass is 16.5. The second kappa shape index (κ2) is 5.31. The molecule has 0 aliphatic rings. The van der Waals surface area contributed by atoms with Crippen molar-refractivity contribution >= 4 is 5.97 Å². The summed E-state index contributed by atoms with van der Waals surface area (Å²) in [5.41, 5.74) is 5.99. The molecule has 1 heterocycles. The number of nitrogens with two attached hydrogens (primary N) is 1. The van der Waals surface area contributed by atoms with E-state index in [4.69, 9.17) is 15.6 Å². The largest absolute Gasteiger partial charge is 0.480 e. The molecule has 0 spiro atoms. The third-order valence-electron chi connectivity index (χ3n) is 1.59. The molecule has 3 N–H and O–H groups in total. The molecule has 0 radical (unpaired) electrons. The van der Waals surface area contributed by atoms with Crippen LogP contribution in [0.4, 0.5) is 0 Å². The maximum absolute atomic E-state index is 10.3. The van der Waals surface area contributed by atoms with Crippen LogP contribution in [0.1, 0.15) is 5.69 Å². The molecule has 0 amide bonds. The van der Waals surface area contributed by atoms with Gasteiger partial charge in [-0.2, -0.15) is 0 Å². The molecule has 0 saturated carbocycles. The Morgan fingerprint density at radius 3 is 3.00 bits per heavy atom. The second-order valence-electron chi connectivity index (χ2n) is 2.78. The zero-order chi connectivity index (χ0) is 10.4.